The summed E-state index contributed by atoms with van der Waals surface area (Å²) in [5.41, 5.74) is 9.56. The normalized spacial score (nSPS) is 23.4. The first-order chi connectivity index (χ1) is 34.6. The molecule has 2 atom stereocenters. The summed E-state index contributed by atoms with van der Waals surface area (Å²) in [5.74, 6) is 1.03. The van der Waals surface area contributed by atoms with Gasteiger partial charge >= 0.3 is 6.03 Å². The van der Waals surface area contributed by atoms with Crippen LogP contribution in [0, 0.1) is 11.8 Å². The van der Waals surface area contributed by atoms with Crippen molar-refractivity contribution in [2.45, 2.75) is 94.7 Å². The van der Waals surface area contributed by atoms with Crippen molar-refractivity contribution in [3.05, 3.63) is 95.1 Å². The number of para-hydroxylation sites is 1. The number of nitrogens with zero attached hydrogens (tertiary/aromatic N) is 7. The molecule has 2 unspecified atom stereocenters. The number of likely N-dealkylation sites (tertiary alicyclic amines) is 4. The van der Waals surface area contributed by atoms with Crippen molar-refractivity contribution in [2.75, 3.05) is 70.8 Å². The minimum absolute atomic E-state index is 0.0946. The Balaban J connectivity index is 0.613. The lowest BCUT2D eigenvalue weighted by Gasteiger charge is -2.44. The van der Waals surface area contributed by atoms with Gasteiger partial charge in [0.05, 0.1) is 17.2 Å². The fourth-order valence-corrected chi connectivity index (χ4v) is 12.6. The summed E-state index contributed by atoms with van der Waals surface area (Å²) in [6.07, 6.45) is 9.15. The van der Waals surface area contributed by atoms with E-state index in [4.69, 9.17) is 15.6 Å². The molecule has 4 N–H and O–H groups in total. The Morgan fingerprint density at radius 3 is 2.07 bits per heavy atom. The van der Waals surface area contributed by atoms with E-state index in [0.717, 1.165) is 151 Å². The molecule has 5 fully saturated rings. The molecule has 0 bridgehead atoms. The molecule has 0 radical (unpaired) electrons. The van der Waals surface area contributed by atoms with Gasteiger partial charge in [-0.15, -0.1) is 0 Å². The van der Waals surface area contributed by atoms with Crippen molar-refractivity contribution in [2.24, 2.45) is 17.6 Å². The van der Waals surface area contributed by atoms with Gasteiger partial charge < -0.3 is 35.4 Å². The third-order valence-electron chi connectivity index (χ3n) is 16.6. The second-order valence-electron chi connectivity index (χ2n) is 20.7. The second-order valence-corrected chi connectivity index (χ2v) is 20.7. The molecular weight excluding hydrogens is 901 g/mol. The topological polar surface area (TPSA) is 196 Å². The minimum Gasteiger partial charge on any atom is -0.457 e. The molecule has 0 saturated carbocycles. The number of carbonyl (C=O) groups excluding carboxylic acids is 6. The van der Waals surface area contributed by atoms with Crippen LogP contribution in [0.2, 0.25) is 0 Å². The molecule has 0 spiro atoms. The highest BCUT2D eigenvalue weighted by Crippen LogP contribution is 2.41. The van der Waals surface area contributed by atoms with E-state index in [1.165, 1.54) is 0 Å². The van der Waals surface area contributed by atoms with Gasteiger partial charge in [0, 0.05) is 57.3 Å². The molecule has 3 aromatic carbocycles. The van der Waals surface area contributed by atoms with Crippen molar-refractivity contribution in [3.63, 3.8) is 0 Å². The Kier molecular flexibility index (Phi) is 13.1. The molecule has 17 heteroatoms. The number of rotatable bonds is 10. The van der Waals surface area contributed by atoms with Gasteiger partial charge in [-0.1, -0.05) is 24.3 Å². The van der Waals surface area contributed by atoms with Crippen LogP contribution in [-0.2, 0) is 9.59 Å². The highest BCUT2D eigenvalue weighted by atomic mass is 16.5. The standard InChI is InChI=1S/C54H64N10O7/c55-49(66)47-48(37-6-9-41(10-7-37)71-40-4-2-1-3-5-40)58-64-44(14-23-56-50(47)64)36-17-24-59(25-18-36)33-34-15-26-61(27-16-34)54(70)62-30-21-39(22-31-62)60-28-19-35(20-29-60)38-8-11-42-43(32-38)53(69)63(52(42)68)45-12-13-46(65)57-51(45)67/h1-11,32,34-36,39,44-45,56H,12-31,33H2,(H2,55,66)(H,57,65,67). The minimum atomic E-state index is -0.969. The number of nitrogens with one attached hydrogen (secondary N) is 2. The number of benzene rings is 3. The number of nitrogens with two attached hydrogens (primary N) is 1. The zero-order valence-electron chi connectivity index (χ0n) is 40.3. The van der Waals surface area contributed by atoms with E-state index in [0.29, 0.717) is 46.0 Å². The first-order valence-corrected chi connectivity index (χ1v) is 25.9. The van der Waals surface area contributed by atoms with Crippen LogP contribution in [0.15, 0.2) is 72.8 Å². The number of carbonyl (C=O) groups is 6. The van der Waals surface area contributed by atoms with Gasteiger partial charge in [0.2, 0.25) is 11.8 Å². The third kappa shape index (κ3) is 9.41. The van der Waals surface area contributed by atoms with Crippen molar-refractivity contribution < 1.29 is 33.5 Å². The monoisotopic (exact) mass is 964 g/mol. The summed E-state index contributed by atoms with van der Waals surface area (Å²) in [7, 11) is 0. The molecule has 7 aliphatic rings. The van der Waals surface area contributed by atoms with Crippen LogP contribution in [0.25, 0.3) is 11.3 Å². The first kappa shape index (κ1) is 46.8. The maximum atomic E-state index is 13.8. The first-order valence-electron chi connectivity index (χ1n) is 25.9. The van der Waals surface area contributed by atoms with Gasteiger partial charge in [0.25, 0.3) is 17.7 Å². The molecule has 17 nitrogen and oxygen atoms in total. The number of primary amides is 1. The smallest absolute Gasteiger partial charge is 0.319 e. The summed E-state index contributed by atoms with van der Waals surface area (Å²) >= 11 is 0. The highest BCUT2D eigenvalue weighted by Gasteiger charge is 2.45. The predicted octanol–water partition coefficient (Wildman–Crippen LogP) is 6.09. The molecule has 7 aliphatic heterocycles. The lowest BCUT2D eigenvalue weighted by atomic mass is 9.86. The van der Waals surface area contributed by atoms with Crippen LogP contribution in [0.1, 0.15) is 119 Å². The number of aromatic nitrogens is 2. The van der Waals surface area contributed by atoms with E-state index < -0.39 is 29.7 Å². The second kappa shape index (κ2) is 19.9. The van der Waals surface area contributed by atoms with E-state index in [1.807, 2.05) is 71.4 Å². The number of hydrogen-bond donors (Lipinski definition) is 3. The van der Waals surface area contributed by atoms with Crippen molar-refractivity contribution >= 4 is 41.4 Å². The van der Waals surface area contributed by atoms with Gasteiger partial charge in [-0.2, -0.15) is 5.10 Å². The Morgan fingerprint density at radius 2 is 1.38 bits per heavy atom. The van der Waals surface area contributed by atoms with Crippen LogP contribution in [0.3, 0.4) is 0 Å². The van der Waals surface area contributed by atoms with Crippen molar-refractivity contribution in [3.8, 4) is 22.8 Å². The summed E-state index contributed by atoms with van der Waals surface area (Å²) in [6, 6.07) is 22.6. The lowest BCUT2D eigenvalue weighted by molar-refractivity contribution is -0.136. The van der Waals surface area contributed by atoms with Crippen LogP contribution < -0.4 is 21.1 Å². The average Bonchev–Trinajstić information content (AvgIpc) is 3.91. The van der Waals surface area contributed by atoms with E-state index in [1.54, 1.807) is 6.07 Å². The van der Waals surface area contributed by atoms with Crippen LogP contribution >= 0.6 is 0 Å². The lowest BCUT2D eigenvalue weighted by Crippen LogP contribution is -2.54. The van der Waals surface area contributed by atoms with E-state index >= 15 is 0 Å². The van der Waals surface area contributed by atoms with Gasteiger partial charge in [0.15, 0.2) is 0 Å². The van der Waals surface area contributed by atoms with E-state index in [2.05, 4.69) is 30.2 Å². The predicted molar refractivity (Wildman–Crippen MR) is 265 cm³/mol. The number of urea groups is 1. The number of hydrogen-bond acceptors (Lipinski definition) is 11. The van der Waals surface area contributed by atoms with Crippen molar-refractivity contribution in [1.82, 2.24) is 39.6 Å². The number of piperidine rings is 5. The van der Waals surface area contributed by atoms with Crippen LogP contribution in [-0.4, -0.2) is 147 Å². The maximum absolute atomic E-state index is 13.8. The zero-order valence-corrected chi connectivity index (χ0v) is 40.3. The van der Waals surface area contributed by atoms with Gasteiger partial charge in [0.1, 0.15) is 34.6 Å². The van der Waals surface area contributed by atoms with Crippen molar-refractivity contribution in [1.29, 1.82) is 0 Å². The Hall–Kier alpha value is -6.59. The molecule has 71 heavy (non-hydrogen) atoms. The molecule has 5 saturated heterocycles. The van der Waals surface area contributed by atoms with E-state index in [9.17, 15) is 28.8 Å². The Bertz CT molecular complexity index is 2680. The fourth-order valence-electron chi connectivity index (χ4n) is 12.6. The molecule has 8 heterocycles. The number of amides is 7. The fraction of sp³-hybridized carbons (Fsp3) is 0.500. The van der Waals surface area contributed by atoms with Crippen LogP contribution in [0.5, 0.6) is 11.5 Å². The Labute approximate surface area is 414 Å². The molecule has 11 rings (SSSR count). The zero-order chi connectivity index (χ0) is 48.8. The molecule has 7 amide bonds. The number of fused-ring (bicyclic) bond motifs is 2. The summed E-state index contributed by atoms with van der Waals surface area (Å²) in [6.45, 7) is 8.89. The molecule has 1 aromatic heterocycles. The summed E-state index contributed by atoms with van der Waals surface area (Å²) in [4.78, 5) is 87.9. The summed E-state index contributed by atoms with van der Waals surface area (Å²) in [5, 5.41) is 10.8. The van der Waals surface area contributed by atoms with Gasteiger partial charge in [-0.25, -0.2) is 9.48 Å². The largest absolute Gasteiger partial charge is 0.457 e. The summed E-state index contributed by atoms with van der Waals surface area (Å²) < 4.78 is 8.04. The average molecular weight is 965 g/mol. The molecule has 4 aromatic rings. The number of anilines is 1. The van der Waals surface area contributed by atoms with E-state index in [-0.39, 0.29) is 36.7 Å². The quantitative estimate of drug-likeness (QED) is 0.156. The third-order valence-corrected chi connectivity index (χ3v) is 16.6. The molecular formula is C54H64N10O7. The number of ether oxygens (including phenoxy) is 1. The van der Waals surface area contributed by atoms with Gasteiger partial charge in [-0.3, -0.25) is 34.2 Å². The van der Waals surface area contributed by atoms with Crippen LogP contribution in [0.4, 0.5) is 10.6 Å². The number of imide groups is 2. The SMILES string of the molecule is NC(=O)c1c(-c2ccc(Oc3ccccc3)cc2)nn2c1NCCC2C1CCN(CC2CCN(C(=O)N3CCC(N4CCC(c5ccc6c(c5)C(=O)N(C5CCC(=O)NC5=O)C6=O)CC4)CC3)CC2)CC1. The highest BCUT2D eigenvalue weighted by molar-refractivity contribution is 6.23. The molecule has 0 aliphatic carbocycles. The Morgan fingerprint density at radius 1 is 0.704 bits per heavy atom. The maximum Gasteiger partial charge on any atom is 0.319 e. The molecule has 372 valence electrons. The van der Waals surface area contributed by atoms with Gasteiger partial charge in [-0.05, 0) is 162 Å².